The SMILES string of the molecule is CCNc1cc(C)nc2c(C(C)C)cccc12. The zero-order chi connectivity index (χ0) is 12.4. The first-order valence-corrected chi connectivity index (χ1v) is 6.27. The van der Waals surface area contributed by atoms with E-state index in [1.54, 1.807) is 0 Å². The van der Waals surface area contributed by atoms with Crippen molar-refractivity contribution >= 4 is 16.6 Å². The first-order chi connectivity index (χ1) is 8.13. The van der Waals surface area contributed by atoms with Crippen LogP contribution in [0.3, 0.4) is 0 Å². The number of para-hydroxylation sites is 1. The number of aryl methyl sites for hydroxylation is 1. The maximum atomic E-state index is 4.70. The molecule has 1 N–H and O–H groups in total. The summed E-state index contributed by atoms with van der Waals surface area (Å²) in [5.74, 6) is 0.502. The molecule has 0 radical (unpaired) electrons. The Morgan fingerprint density at radius 1 is 1.29 bits per heavy atom. The van der Waals surface area contributed by atoms with Gasteiger partial charge in [-0.15, -0.1) is 0 Å². The molecule has 2 heteroatoms. The molecule has 1 aromatic carbocycles. The first kappa shape index (κ1) is 11.9. The van der Waals surface area contributed by atoms with Crippen molar-refractivity contribution < 1.29 is 0 Å². The molecule has 2 rings (SSSR count). The summed E-state index contributed by atoms with van der Waals surface area (Å²) >= 11 is 0. The molecule has 2 aromatic rings. The maximum Gasteiger partial charge on any atom is 0.0760 e. The molecule has 0 spiro atoms. The van der Waals surface area contributed by atoms with Crippen LogP contribution in [-0.2, 0) is 0 Å². The summed E-state index contributed by atoms with van der Waals surface area (Å²) in [6.45, 7) is 9.53. The van der Waals surface area contributed by atoms with Gasteiger partial charge in [-0.05, 0) is 31.4 Å². The predicted molar refractivity (Wildman–Crippen MR) is 74.7 cm³/mol. The summed E-state index contributed by atoms with van der Waals surface area (Å²) in [5.41, 5.74) is 4.72. The second-order valence-electron chi connectivity index (χ2n) is 4.74. The van der Waals surface area contributed by atoms with Gasteiger partial charge in [0.2, 0.25) is 0 Å². The van der Waals surface area contributed by atoms with Crippen LogP contribution in [0, 0.1) is 6.92 Å². The Hall–Kier alpha value is -1.57. The number of fused-ring (bicyclic) bond motifs is 1. The van der Waals surface area contributed by atoms with Crippen molar-refractivity contribution in [3.63, 3.8) is 0 Å². The van der Waals surface area contributed by atoms with Gasteiger partial charge in [-0.25, -0.2) is 0 Å². The van der Waals surface area contributed by atoms with Crippen LogP contribution in [0.15, 0.2) is 24.3 Å². The largest absolute Gasteiger partial charge is 0.385 e. The summed E-state index contributed by atoms with van der Waals surface area (Å²) in [7, 11) is 0. The van der Waals surface area contributed by atoms with Crippen LogP contribution in [0.1, 0.15) is 37.9 Å². The zero-order valence-corrected chi connectivity index (χ0v) is 11.0. The van der Waals surface area contributed by atoms with E-state index in [1.807, 2.05) is 0 Å². The number of rotatable bonds is 3. The molecule has 0 aliphatic carbocycles. The van der Waals surface area contributed by atoms with Crippen molar-refractivity contribution in [2.24, 2.45) is 0 Å². The van der Waals surface area contributed by atoms with Crippen molar-refractivity contribution in [2.75, 3.05) is 11.9 Å². The average Bonchev–Trinajstić information content (AvgIpc) is 2.28. The van der Waals surface area contributed by atoms with E-state index in [-0.39, 0.29) is 0 Å². The van der Waals surface area contributed by atoms with Crippen molar-refractivity contribution in [2.45, 2.75) is 33.6 Å². The lowest BCUT2D eigenvalue weighted by Crippen LogP contribution is -2.01. The molecule has 17 heavy (non-hydrogen) atoms. The Labute approximate surface area is 103 Å². The standard InChI is InChI=1S/C15H20N2/c1-5-16-14-9-11(4)17-15-12(10(2)3)7-6-8-13(14)15/h6-10H,5H2,1-4H3,(H,16,17). The van der Waals surface area contributed by atoms with Gasteiger partial charge in [-0.2, -0.15) is 0 Å². The van der Waals surface area contributed by atoms with Crippen LogP contribution in [0.4, 0.5) is 5.69 Å². The van der Waals surface area contributed by atoms with Crippen molar-refractivity contribution in [3.8, 4) is 0 Å². The van der Waals surface area contributed by atoms with E-state index in [0.29, 0.717) is 5.92 Å². The Balaban J connectivity index is 2.73. The van der Waals surface area contributed by atoms with Crippen molar-refractivity contribution in [1.82, 2.24) is 4.98 Å². The lowest BCUT2D eigenvalue weighted by atomic mass is 9.99. The van der Waals surface area contributed by atoms with Crippen LogP contribution < -0.4 is 5.32 Å². The minimum Gasteiger partial charge on any atom is -0.385 e. The summed E-state index contributed by atoms with van der Waals surface area (Å²) in [5, 5.41) is 4.64. The summed E-state index contributed by atoms with van der Waals surface area (Å²) in [6, 6.07) is 8.56. The minimum atomic E-state index is 0.502. The van der Waals surface area contributed by atoms with Gasteiger partial charge < -0.3 is 5.32 Å². The fraction of sp³-hybridized carbons (Fsp3) is 0.400. The van der Waals surface area contributed by atoms with Crippen LogP contribution in [0.2, 0.25) is 0 Å². The van der Waals surface area contributed by atoms with Crippen LogP contribution in [0.5, 0.6) is 0 Å². The van der Waals surface area contributed by atoms with Crippen molar-refractivity contribution in [1.29, 1.82) is 0 Å². The van der Waals surface area contributed by atoms with Gasteiger partial charge in [0, 0.05) is 23.3 Å². The fourth-order valence-electron chi connectivity index (χ4n) is 2.20. The average molecular weight is 228 g/mol. The Kier molecular flexibility index (Phi) is 3.32. The van der Waals surface area contributed by atoms with E-state index in [1.165, 1.54) is 16.6 Å². The molecular weight excluding hydrogens is 208 g/mol. The van der Waals surface area contributed by atoms with Crippen LogP contribution >= 0.6 is 0 Å². The van der Waals surface area contributed by atoms with Gasteiger partial charge in [0.25, 0.3) is 0 Å². The molecule has 0 aliphatic rings. The third-order valence-corrected chi connectivity index (χ3v) is 2.99. The van der Waals surface area contributed by atoms with E-state index in [2.05, 4.69) is 57.3 Å². The van der Waals surface area contributed by atoms with E-state index in [4.69, 9.17) is 4.98 Å². The highest BCUT2D eigenvalue weighted by Gasteiger charge is 2.09. The normalized spacial score (nSPS) is 11.1. The second kappa shape index (κ2) is 4.74. The highest BCUT2D eigenvalue weighted by Crippen LogP contribution is 2.29. The van der Waals surface area contributed by atoms with Gasteiger partial charge in [-0.1, -0.05) is 32.0 Å². The molecule has 0 bridgehead atoms. The Morgan fingerprint density at radius 2 is 2.06 bits per heavy atom. The lowest BCUT2D eigenvalue weighted by Gasteiger charge is -2.13. The number of benzene rings is 1. The van der Waals surface area contributed by atoms with Gasteiger partial charge in [0.15, 0.2) is 0 Å². The highest BCUT2D eigenvalue weighted by atomic mass is 14.9. The first-order valence-electron chi connectivity index (χ1n) is 6.27. The number of nitrogens with one attached hydrogen (secondary N) is 1. The molecule has 0 aliphatic heterocycles. The monoisotopic (exact) mass is 228 g/mol. The topological polar surface area (TPSA) is 24.9 Å². The van der Waals surface area contributed by atoms with Crippen molar-refractivity contribution in [3.05, 3.63) is 35.5 Å². The molecule has 1 aromatic heterocycles. The molecule has 1 heterocycles. The fourth-order valence-corrected chi connectivity index (χ4v) is 2.20. The number of anilines is 1. The van der Waals surface area contributed by atoms with Crippen LogP contribution in [0.25, 0.3) is 10.9 Å². The lowest BCUT2D eigenvalue weighted by molar-refractivity contribution is 0.872. The predicted octanol–water partition coefficient (Wildman–Crippen LogP) is 4.10. The number of aromatic nitrogens is 1. The Morgan fingerprint density at radius 3 is 2.71 bits per heavy atom. The van der Waals surface area contributed by atoms with Gasteiger partial charge in [0.1, 0.15) is 0 Å². The van der Waals surface area contributed by atoms with E-state index < -0.39 is 0 Å². The number of hydrogen-bond acceptors (Lipinski definition) is 2. The zero-order valence-electron chi connectivity index (χ0n) is 11.0. The molecule has 2 nitrogen and oxygen atoms in total. The summed E-state index contributed by atoms with van der Waals surface area (Å²) in [4.78, 5) is 4.70. The third kappa shape index (κ3) is 2.26. The third-order valence-electron chi connectivity index (χ3n) is 2.99. The molecule has 0 saturated heterocycles. The highest BCUT2D eigenvalue weighted by molar-refractivity contribution is 5.93. The van der Waals surface area contributed by atoms with Gasteiger partial charge in [0.05, 0.1) is 5.52 Å². The van der Waals surface area contributed by atoms with E-state index in [9.17, 15) is 0 Å². The molecule has 0 fully saturated rings. The summed E-state index contributed by atoms with van der Waals surface area (Å²) < 4.78 is 0. The number of nitrogens with zero attached hydrogens (tertiary/aromatic N) is 1. The van der Waals surface area contributed by atoms with Gasteiger partial charge in [-0.3, -0.25) is 4.98 Å². The van der Waals surface area contributed by atoms with Gasteiger partial charge >= 0.3 is 0 Å². The quantitative estimate of drug-likeness (QED) is 0.855. The second-order valence-corrected chi connectivity index (χ2v) is 4.74. The molecule has 0 atom stereocenters. The molecule has 90 valence electrons. The maximum absolute atomic E-state index is 4.70. The smallest absolute Gasteiger partial charge is 0.0760 e. The van der Waals surface area contributed by atoms with Crippen LogP contribution in [-0.4, -0.2) is 11.5 Å². The Bertz CT molecular complexity index is 530. The molecule has 0 unspecified atom stereocenters. The number of hydrogen-bond donors (Lipinski definition) is 1. The number of pyridine rings is 1. The molecule has 0 amide bonds. The van der Waals surface area contributed by atoms with E-state index in [0.717, 1.165) is 17.8 Å². The minimum absolute atomic E-state index is 0.502. The molecular formula is C15H20N2. The van der Waals surface area contributed by atoms with E-state index >= 15 is 0 Å². The molecule has 0 saturated carbocycles. The summed E-state index contributed by atoms with van der Waals surface area (Å²) in [6.07, 6.45) is 0.